The van der Waals surface area contributed by atoms with Gasteiger partial charge in [0.25, 0.3) is 5.91 Å². The Bertz CT molecular complexity index is 587. The third-order valence-corrected chi connectivity index (χ3v) is 2.96. The summed E-state index contributed by atoms with van der Waals surface area (Å²) in [6.45, 7) is 1.65. The lowest BCUT2D eigenvalue weighted by molar-refractivity contribution is -0.121. The van der Waals surface area contributed by atoms with Crippen LogP contribution in [0.25, 0.3) is 0 Å². The first-order valence-corrected chi connectivity index (χ1v) is 6.08. The highest BCUT2D eigenvalue weighted by Gasteiger charge is 2.20. The van der Waals surface area contributed by atoms with Crippen molar-refractivity contribution in [3.8, 4) is 0 Å². The first kappa shape index (κ1) is 14.1. The summed E-state index contributed by atoms with van der Waals surface area (Å²) in [5.41, 5.74) is 2.87. The predicted molar refractivity (Wildman–Crippen MR) is 67.7 cm³/mol. The number of rotatable bonds is 3. The second-order valence-corrected chi connectivity index (χ2v) is 4.46. The topological polar surface area (TPSA) is 70.6 Å². The SMILES string of the molecule is CC(NC(=O)C1=NNC(=O)CC1)c1ccc(F)c(F)c1. The van der Waals surface area contributed by atoms with Gasteiger partial charge in [0.15, 0.2) is 11.6 Å². The third-order valence-electron chi connectivity index (χ3n) is 2.96. The Morgan fingerprint density at radius 3 is 2.70 bits per heavy atom. The van der Waals surface area contributed by atoms with Crippen molar-refractivity contribution < 1.29 is 18.4 Å². The number of hydrogen-bond acceptors (Lipinski definition) is 3. The summed E-state index contributed by atoms with van der Waals surface area (Å²) in [5, 5.41) is 6.28. The van der Waals surface area contributed by atoms with E-state index >= 15 is 0 Å². The molecule has 0 radical (unpaired) electrons. The molecule has 0 aromatic heterocycles. The van der Waals surface area contributed by atoms with Gasteiger partial charge in [-0.15, -0.1) is 0 Å². The van der Waals surface area contributed by atoms with Crippen LogP contribution in [0.3, 0.4) is 0 Å². The van der Waals surface area contributed by atoms with E-state index in [2.05, 4.69) is 15.8 Å². The van der Waals surface area contributed by atoms with Crippen LogP contribution in [-0.4, -0.2) is 17.5 Å². The minimum Gasteiger partial charge on any atom is -0.344 e. The van der Waals surface area contributed by atoms with Crippen LogP contribution in [0.2, 0.25) is 0 Å². The van der Waals surface area contributed by atoms with Crippen molar-refractivity contribution in [3.05, 3.63) is 35.4 Å². The molecule has 0 fully saturated rings. The summed E-state index contributed by atoms with van der Waals surface area (Å²) in [4.78, 5) is 22.8. The van der Waals surface area contributed by atoms with E-state index in [4.69, 9.17) is 0 Å². The summed E-state index contributed by atoms with van der Waals surface area (Å²) in [6, 6.07) is 2.93. The molecule has 106 valence electrons. The van der Waals surface area contributed by atoms with Gasteiger partial charge in [-0.1, -0.05) is 6.07 Å². The van der Waals surface area contributed by atoms with Gasteiger partial charge in [0.1, 0.15) is 5.71 Å². The number of carbonyl (C=O) groups excluding carboxylic acids is 2. The molecule has 0 bridgehead atoms. The summed E-state index contributed by atoms with van der Waals surface area (Å²) in [7, 11) is 0. The molecule has 1 aromatic rings. The Hall–Kier alpha value is -2.31. The van der Waals surface area contributed by atoms with E-state index in [1.807, 2.05) is 0 Å². The average Bonchev–Trinajstić information content (AvgIpc) is 2.42. The van der Waals surface area contributed by atoms with Crippen LogP contribution in [0.1, 0.15) is 31.4 Å². The Kier molecular flexibility index (Phi) is 4.07. The molecule has 0 spiro atoms. The number of hydrazone groups is 1. The molecule has 0 saturated carbocycles. The first-order chi connectivity index (χ1) is 9.47. The molecule has 5 nitrogen and oxygen atoms in total. The van der Waals surface area contributed by atoms with Crippen molar-refractivity contribution in [3.63, 3.8) is 0 Å². The van der Waals surface area contributed by atoms with Crippen LogP contribution in [0.5, 0.6) is 0 Å². The van der Waals surface area contributed by atoms with E-state index in [9.17, 15) is 18.4 Å². The van der Waals surface area contributed by atoms with Crippen LogP contribution < -0.4 is 10.7 Å². The number of nitrogens with zero attached hydrogens (tertiary/aromatic N) is 1. The molecular weight excluding hydrogens is 268 g/mol. The normalized spacial score (nSPS) is 16.1. The molecule has 2 rings (SSSR count). The Morgan fingerprint density at radius 2 is 2.10 bits per heavy atom. The second-order valence-electron chi connectivity index (χ2n) is 4.46. The zero-order valence-electron chi connectivity index (χ0n) is 10.7. The summed E-state index contributed by atoms with van der Waals surface area (Å²) in [6.07, 6.45) is 0.452. The molecule has 20 heavy (non-hydrogen) atoms. The van der Waals surface area contributed by atoms with Gasteiger partial charge in [0, 0.05) is 12.8 Å². The highest BCUT2D eigenvalue weighted by atomic mass is 19.2. The fourth-order valence-corrected chi connectivity index (χ4v) is 1.78. The lowest BCUT2D eigenvalue weighted by atomic mass is 10.1. The standard InChI is InChI=1S/C13H13F2N3O2/c1-7(8-2-3-9(14)10(15)6-8)16-13(20)11-4-5-12(19)18-17-11/h2-3,6-7H,4-5H2,1H3,(H,16,20)(H,18,19). The fraction of sp³-hybridized carbons (Fsp3) is 0.308. The van der Waals surface area contributed by atoms with Gasteiger partial charge in [-0.25, -0.2) is 14.2 Å². The quantitative estimate of drug-likeness (QED) is 0.879. The number of nitrogens with one attached hydrogen (secondary N) is 2. The van der Waals surface area contributed by atoms with Crippen LogP contribution in [0.15, 0.2) is 23.3 Å². The number of benzene rings is 1. The van der Waals surface area contributed by atoms with Gasteiger partial charge in [-0.2, -0.15) is 5.10 Å². The van der Waals surface area contributed by atoms with Gasteiger partial charge in [0.2, 0.25) is 5.91 Å². The molecule has 2 amide bonds. The number of carbonyl (C=O) groups is 2. The van der Waals surface area contributed by atoms with Gasteiger partial charge < -0.3 is 5.32 Å². The third kappa shape index (κ3) is 3.17. The second kappa shape index (κ2) is 5.77. The van der Waals surface area contributed by atoms with Crippen molar-refractivity contribution in [2.24, 2.45) is 5.10 Å². The molecule has 1 aliphatic heterocycles. The van der Waals surface area contributed by atoms with E-state index in [-0.39, 0.29) is 24.5 Å². The molecule has 7 heteroatoms. The highest BCUT2D eigenvalue weighted by molar-refractivity contribution is 6.39. The van der Waals surface area contributed by atoms with E-state index in [0.717, 1.165) is 12.1 Å². The summed E-state index contributed by atoms with van der Waals surface area (Å²) in [5.74, 6) is -2.59. The van der Waals surface area contributed by atoms with Crippen molar-refractivity contribution in [2.75, 3.05) is 0 Å². The van der Waals surface area contributed by atoms with Crippen molar-refractivity contribution >= 4 is 17.5 Å². The maximum Gasteiger partial charge on any atom is 0.267 e. The average molecular weight is 281 g/mol. The monoisotopic (exact) mass is 281 g/mol. The van der Waals surface area contributed by atoms with E-state index in [0.29, 0.717) is 5.56 Å². The fourth-order valence-electron chi connectivity index (χ4n) is 1.78. The molecule has 0 aliphatic carbocycles. The molecule has 1 atom stereocenters. The van der Waals surface area contributed by atoms with Crippen molar-refractivity contribution in [2.45, 2.75) is 25.8 Å². The van der Waals surface area contributed by atoms with Gasteiger partial charge in [-0.05, 0) is 24.6 Å². The molecule has 2 N–H and O–H groups in total. The molecule has 1 heterocycles. The van der Waals surface area contributed by atoms with Crippen molar-refractivity contribution in [1.82, 2.24) is 10.7 Å². The maximum absolute atomic E-state index is 13.1. The number of hydrogen-bond donors (Lipinski definition) is 2. The van der Waals surface area contributed by atoms with Crippen molar-refractivity contribution in [1.29, 1.82) is 0 Å². The minimum atomic E-state index is -0.967. The summed E-state index contributed by atoms with van der Waals surface area (Å²) < 4.78 is 25.9. The van der Waals surface area contributed by atoms with E-state index < -0.39 is 23.6 Å². The Morgan fingerprint density at radius 1 is 1.35 bits per heavy atom. The van der Waals surface area contributed by atoms with E-state index in [1.165, 1.54) is 6.07 Å². The van der Waals surface area contributed by atoms with Crippen LogP contribution in [-0.2, 0) is 9.59 Å². The van der Waals surface area contributed by atoms with Crippen LogP contribution in [0, 0.1) is 11.6 Å². The largest absolute Gasteiger partial charge is 0.344 e. The van der Waals surface area contributed by atoms with Crippen LogP contribution >= 0.6 is 0 Å². The lowest BCUT2D eigenvalue weighted by Crippen LogP contribution is -2.38. The molecular formula is C13H13F2N3O2. The zero-order valence-corrected chi connectivity index (χ0v) is 10.7. The minimum absolute atomic E-state index is 0.200. The molecule has 1 aromatic carbocycles. The molecule has 1 aliphatic rings. The zero-order chi connectivity index (χ0) is 14.7. The highest BCUT2D eigenvalue weighted by Crippen LogP contribution is 2.16. The predicted octanol–water partition coefficient (Wildman–Crippen LogP) is 1.41. The number of halogens is 2. The number of amides is 2. The van der Waals surface area contributed by atoms with Gasteiger partial charge in [0.05, 0.1) is 6.04 Å². The Labute approximate surface area is 114 Å². The lowest BCUT2D eigenvalue weighted by Gasteiger charge is -2.17. The molecule has 0 saturated heterocycles. The summed E-state index contributed by atoms with van der Waals surface area (Å²) >= 11 is 0. The molecule has 1 unspecified atom stereocenters. The van der Waals surface area contributed by atoms with Gasteiger partial charge >= 0.3 is 0 Å². The smallest absolute Gasteiger partial charge is 0.267 e. The first-order valence-electron chi connectivity index (χ1n) is 6.08. The maximum atomic E-state index is 13.1. The van der Waals surface area contributed by atoms with Crippen LogP contribution in [0.4, 0.5) is 8.78 Å². The Balaban J connectivity index is 2.03. The van der Waals surface area contributed by atoms with Gasteiger partial charge in [-0.3, -0.25) is 9.59 Å². The van der Waals surface area contributed by atoms with E-state index in [1.54, 1.807) is 6.92 Å².